The lowest BCUT2D eigenvalue weighted by atomic mass is 9.89. The van der Waals surface area contributed by atoms with Gasteiger partial charge in [0.15, 0.2) is 5.65 Å². The Hall–Kier alpha value is -3.44. The molecule has 1 aliphatic carbocycles. The van der Waals surface area contributed by atoms with Crippen LogP contribution in [0.2, 0.25) is 0 Å². The lowest BCUT2D eigenvalue weighted by molar-refractivity contribution is 0.00732. The molecule has 34 heavy (non-hydrogen) atoms. The molecule has 180 valence electrons. The Morgan fingerprint density at radius 1 is 1.29 bits per heavy atom. The van der Waals surface area contributed by atoms with Gasteiger partial charge in [0.2, 0.25) is 0 Å². The van der Waals surface area contributed by atoms with E-state index in [1.54, 1.807) is 41.6 Å². The van der Waals surface area contributed by atoms with Crippen molar-refractivity contribution in [3.63, 3.8) is 0 Å². The van der Waals surface area contributed by atoms with Crippen molar-refractivity contribution < 1.29 is 14.3 Å². The summed E-state index contributed by atoms with van der Waals surface area (Å²) in [6.45, 7) is 1.25. The van der Waals surface area contributed by atoms with Crippen LogP contribution in [0, 0.1) is 0 Å². The van der Waals surface area contributed by atoms with E-state index in [0.717, 1.165) is 32.3 Å². The lowest BCUT2D eigenvalue weighted by Crippen LogP contribution is -2.51. The number of anilines is 3. The Morgan fingerprint density at radius 2 is 2.18 bits per heavy atom. The number of carbonyl (C=O) groups excluding carboxylic acids is 1. The van der Waals surface area contributed by atoms with Crippen LogP contribution >= 0.6 is 0 Å². The monoisotopic (exact) mass is 467 g/mol. The Balaban J connectivity index is 1.44. The number of aromatic nitrogens is 4. The fourth-order valence-electron chi connectivity index (χ4n) is 4.50. The summed E-state index contributed by atoms with van der Waals surface area (Å²) >= 11 is 0. The summed E-state index contributed by atoms with van der Waals surface area (Å²) in [6.07, 6.45) is 6.94. The molecule has 3 atom stereocenters. The van der Waals surface area contributed by atoms with Crippen molar-refractivity contribution in [2.45, 2.75) is 43.9 Å². The Bertz CT molecular complexity index is 1250. The Kier molecular flexibility index (Phi) is 6.20. The minimum absolute atomic E-state index is 0.0128. The van der Waals surface area contributed by atoms with Gasteiger partial charge in [-0.1, -0.05) is 0 Å². The molecular formula is C23H29N7O4. The van der Waals surface area contributed by atoms with E-state index < -0.39 is 0 Å². The number of carbonyl (C=O) groups is 1. The maximum Gasteiger partial charge on any atom is 0.274 e. The number of fused-ring (bicyclic) bond motifs is 1. The van der Waals surface area contributed by atoms with Gasteiger partial charge in [-0.05, 0) is 37.8 Å². The number of hydrogen-bond donors (Lipinski definition) is 3. The molecule has 1 saturated carbocycles. The van der Waals surface area contributed by atoms with Gasteiger partial charge >= 0.3 is 0 Å². The van der Waals surface area contributed by atoms with Crippen LogP contribution in [0.15, 0.2) is 35.4 Å². The second kappa shape index (κ2) is 9.43. The van der Waals surface area contributed by atoms with Crippen molar-refractivity contribution in [1.29, 1.82) is 0 Å². The number of rotatable bonds is 7. The van der Waals surface area contributed by atoms with Gasteiger partial charge < -0.3 is 30.0 Å². The molecule has 1 aliphatic heterocycles. The molecule has 11 heteroatoms. The van der Waals surface area contributed by atoms with Gasteiger partial charge in [0, 0.05) is 33.0 Å². The molecule has 1 saturated heterocycles. The van der Waals surface area contributed by atoms with Crippen LogP contribution in [0.4, 0.5) is 17.3 Å². The number of methoxy groups -OCH3 is 1. The van der Waals surface area contributed by atoms with Crippen LogP contribution in [0.1, 0.15) is 42.1 Å². The van der Waals surface area contributed by atoms with Gasteiger partial charge in [-0.25, -0.2) is 4.98 Å². The normalized spacial score (nSPS) is 22.2. The van der Waals surface area contributed by atoms with E-state index >= 15 is 0 Å². The molecule has 0 unspecified atom stereocenters. The molecule has 2 aliphatic rings. The number of hydrogen-bond acceptors (Lipinski definition) is 8. The van der Waals surface area contributed by atoms with Crippen LogP contribution in [0.5, 0.6) is 0 Å². The zero-order valence-electron chi connectivity index (χ0n) is 19.3. The van der Waals surface area contributed by atoms with Crippen molar-refractivity contribution in [3.05, 3.63) is 46.5 Å². The average Bonchev–Trinajstić information content (AvgIpc) is 3.27. The topological polar surface area (TPSA) is 124 Å². The first-order chi connectivity index (χ1) is 16.6. The lowest BCUT2D eigenvalue weighted by Gasteiger charge is -2.35. The fraction of sp³-hybridized carbons (Fsp3) is 0.478. The summed E-state index contributed by atoms with van der Waals surface area (Å²) in [4.78, 5) is 30.7. The highest BCUT2D eigenvalue weighted by atomic mass is 16.5. The molecule has 4 heterocycles. The van der Waals surface area contributed by atoms with Gasteiger partial charge in [0.05, 0.1) is 31.0 Å². The van der Waals surface area contributed by atoms with Crippen molar-refractivity contribution >= 4 is 28.9 Å². The number of nitrogens with one attached hydrogen (secondary N) is 3. The van der Waals surface area contributed by atoms with E-state index in [2.05, 4.69) is 26.0 Å². The van der Waals surface area contributed by atoms with E-state index in [1.807, 2.05) is 6.07 Å². The van der Waals surface area contributed by atoms with Gasteiger partial charge in [0.25, 0.3) is 11.5 Å². The highest BCUT2D eigenvalue weighted by Crippen LogP contribution is 2.25. The third-order valence-corrected chi connectivity index (χ3v) is 6.57. The van der Waals surface area contributed by atoms with Crippen LogP contribution < -0.4 is 21.5 Å². The zero-order valence-corrected chi connectivity index (χ0v) is 19.3. The van der Waals surface area contributed by atoms with Crippen molar-refractivity contribution in [1.82, 2.24) is 24.5 Å². The molecule has 3 aromatic rings. The minimum atomic E-state index is -0.257. The smallest absolute Gasteiger partial charge is 0.274 e. The van der Waals surface area contributed by atoms with Gasteiger partial charge in [-0.3, -0.25) is 9.59 Å². The number of ether oxygens (including phenoxy) is 2. The van der Waals surface area contributed by atoms with Crippen molar-refractivity contribution in [2.24, 2.45) is 0 Å². The summed E-state index contributed by atoms with van der Waals surface area (Å²) < 4.78 is 14.2. The summed E-state index contributed by atoms with van der Waals surface area (Å²) in [5, 5.41) is 13.6. The van der Waals surface area contributed by atoms with Crippen LogP contribution in [0.25, 0.3) is 5.65 Å². The molecule has 2 fully saturated rings. The predicted octanol–water partition coefficient (Wildman–Crippen LogP) is 1.93. The minimum Gasteiger partial charge on any atom is -0.379 e. The predicted molar refractivity (Wildman–Crippen MR) is 127 cm³/mol. The van der Waals surface area contributed by atoms with Gasteiger partial charge in [-0.2, -0.15) is 9.61 Å². The largest absolute Gasteiger partial charge is 0.379 e. The van der Waals surface area contributed by atoms with E-state index in [0.29, 0.717) is 35.1 Å². The van der Waals surface area contributed by atoms with Crippen molar-refractivity contribution in [2.75, 3.05) is 38.0 Å². The third-order valence-electron chi connectivity index (χ3n) is 6.57. The molecular weight excluding hydrogens is 438 g/mol. The average molecular weight is 468 g/mol. The molecule has 5 rings (SSSR count). The Labute approximate surface area is 196 Å². The van der Waals surface area contributed by atoms with Gasteiger partial charge in [-0.15, -0.1) is 0 Å². The quantitative estimate of drug-likeness (QED) is 0.482. The van der Waals surface area contributed by atoms with Crippen LogP contribution in [-0.4, -0.2) is 64.6 Å². The first kappa shape index (κ1) is 22.4. The van der Waals surface area contributed by atoms with E-state index in [4.69, 9.17) is 9.47 Å². The second-order valence-corrected chi connectivity index (χ2v) is 8.63. The van der Waals surface area contributed by atoms with Crippen molar-refractivity contribution in [3.8, 4) is 0 Å². The Morgan fingerprint density at radius 3 is 2.88 bits per heavy atom. The zero-order chi connectivity index (χ0) is 23.7. The highest BCUT2D eigenvalue weighted by molar-refractivity contribution is 6.00. The molecule has 0 bridgehead atoms. The van der Waals surface area contributed by atoms with Crippen LogP contribution in [0.3, 0.4) is 0 Å². The molecule has 11 nitrogen and oxygen atoms in total. The first-order valence-corrected chi connectivity index (χ1v) is 11.5. The van der Waals surface area contributed by atoms with E-state index in [9.17, 15) is 9.59 Å². The van der Waals surface area contributed by atoms with E-state index in [-0.39, 0.29) is 29.7 Å². The van der Waals surface area contributed by atoms with Crippen LogP contribution in [-0.2, 0) is 9.47 Å². The maximum atomic E-state index is 13.1. The summed E-state index contributed by atoms with van der Waals surface area (Å²) in [7, 11) is 3.41. The summed E-state index contributed by atoms with van der Waals surface area (Å²) in [6, 6.07) is 5.29. The number of nitrogens with zero attached hydrogens (tertiary/aromatic N) is 4. The molecule has 3 aromatic heterocycles. The van der Waals surface area contributed by atoms with Gasteiger partial charge in [0.1, 0.15) is 22.9 Å². The molecule has 3 N–H and O–H groups in total. The summed E-state index contributed by atoms with van der Waals surface area (Å²) in [5.41, 5.74) is 0.992. The SMILES string of the molecule is CNc1cc(Nc2cccn([C@@H]3CCCOC3)c2=O)nc2c(C(=O)N[C@@H]3CC[C@H]3OC)cnn12. The number of amides is 1. The number of pyridine rings is 1. The maximum absolute atomic E-state index is 13.1. The van der Waals surface area contributed by atoms with E-state index in [1.165, 1.54) is 6.20 Å². The third kappa shape index (κ3) is 4.12. The standard InChI is InChI=1S/C23H29N7O4/c1-24-20-11-19(26-17-6-3-9-29(23(17)32)14-5-4-10-34-13-14)28-21-15(12-25-30(20)21)22(31)27-16-7-8-18(16)33-2/h3,6,9,11-12,14,16,18,24H,4-5,7-8,10,13H2,1-2H3,(H,26,28)(H,27,31)/t14-,16-,18-/m1/s1. The second-order valence-electron chi connectivity index (χ2n) is 8.63. The molecule has 0 radical (unpaired) electrons. The fourth-order valence-corrected chi connectivity index (χ4v) is 4.50. The first-order valence-electron chi connectivity index (χ1n) is 11.5. The molecule has 0 aromatic carbocycles. The molecule has 1 amide bonds. The summed E-state index contributed by atoms with van der Waals surface area (Å²) in [5.74, 6) is 0.800. The highest BCUT2D eigenvalue weighted by Gasteiger charge is 2.33. The molecule has 0 spiro atoms.